The molecule has 94 valence electrons. The minimum atomic E-state index is -1.45. The minimum Gasteiger partial charge on any atom is -0.411 e. The van der Waals surface area contributed by atoms with Crippen LogP contribution in [0.4, 0.5) is 0 Å². The fraction of sp³-hybridized carbons (Fsp3) is 0.571. The number of hydrogen-bond acceptors (Lipinski definition) is 1. The zero-order chi connectivity index (χ0) is 12.6. The molecule has 0 heterocycles. The first-order valence-electron chi connectivity index (χ1n) is 6.32. The van der Waals surface area contributed by atoms with Gasteiger partial charge in [-0.25, -0.2) is 0 Å². The fourth-order valence-electron chi connectivity index (χ4n) is 2.57. The molecule has 1 aliphatic rings. The number of benzene rings is 1. The summed E-state index contributed by atoms with van der Waals surface area (Å²) in [4.78, 5) is 0.433. The van der Waals surface area contributed by atoms with Crippen LogP contribution in [0.25, 0.3) is 0 Å². The van der Waals surface area contributed by atoms with E-state index in [-0.39, 0.29) is 0 Å². The summed E-state index contributed by atoms with van der Waals surface area (Å²) in [5.74, 6) is 0. The lowest BCUT2D eigenvalue weighted by Crippen LogP contribution is -2.27. The Bertz CT molecular complexity index is 409. The summed E-state index contributed by atoms with van der Waals surface area (Å²) in [5, 5.41) is 0. The first kappa shape index (κ1) is 13.3. The SMILES string of the molecule is CC(Br)c1cccc2c1CCC2O[Si](C)(C)C. The highest BCUT2D eigenvalue weighted by Gasteiger charge is 2.29. The molecule has 0 radical (unpaired) electrons. The highest BCUT2D eigenvalue weighted by molar-refractivity contribution is 9.09. The van der Waals surface area contributed by atoms with Crippen LogP contribution in [0.15, 0.2) is 18.2 Å². The van der Waals surface area contributed by atoms with E-state index >= 15 is 0 Å². The summed E-state index contributed by atoms with van der Waals surface area (Å²) < 4.78 is 6.28. The van der Waals surface area contributed by atoms with E-state index in [4.69, 9.17) is 4.43 Å². The highest BCUT2D eigenvalue weighted by Crippen LogP contribution is 2.40. The topological polar surface area (TPSA) is 9.23 Å². The molecule has 0 saturated carbocycles. The molecule has 3 heteroatoms. The molecule has 1 aromatic rings. The lowest BCUT2D eigenvalue weighted by molar-refractivity contribution is 0.200. The van der Waals surface area contributed by atoms with Gasteiger partial charge in [0.2, 0.25) is 0 Å². The van der Waals surface area contributed by atoms with Crippen LogP contribution in [0.3, 0.4) is 0 Å². The van der Waals surface area contributed by atoms with Crippen LogP contribution in [-0.2, 0) is 10.8 Å². The monoisotopic (exact) mass is 312 g/mol. The van der Waals surface area contributed by atoms with Crippen molar-refractivity contribution >= 4 is 24.2 Å². The largest absolute Gasteiger partial charge is 0.411 e. The highest BCUT2D eigenvalue weighted by atomic mass is 79.9. The molecule has 0 bridgehead atoms. The Morgan fingerprint density at radius 1 is 1.35 bits per heavy atom. The first-order chi connectivity index (χ1) is 7.88. The Labute approximate surface area is 114 Å². The van der Waals surface area contributed by atoms with Crippen LogP contribution in [0, 0.1) is 0 Å². The van der Waals surface area contributed by atoms with Crippen molar-refractivity contribution in [2.24, 2.45) is 0 Å². The number of hydrogen-bond donors (Lipinski definition) is 0. The van der Waals surface area contributed by atoms with Crippen molar-refractivity contribution in [3.05, 3.63) is 34.9 Å². The molecule has 0 N–H and O–H groups in total. The summed E-state index contributed by atoms with van der Waals surface area (Å²) in [6.45, 7) is 8.99. The van der Waals surface area contributed by atoms with Gasteiger partial charge < -0.3 is 4.43 Å². The smallest absolute Gasteiger partial charge is 0.184 e. The Morgan fingerprint density at radius 3 is 2.65 bits per heavy atom. The zero-order valence-electron chi connectivity index (χ0n) is 11.1. The van der Waals surface area contributed by atoms with Gasteiger partial charge in [0.05, 0.1) is 6.10 Å². The van der Waals surface area contributed by atoms with Gasteiger partial charge in [-0.05, 0) is 56.1 Å². The average molecular weight is 313 g/mol. The number of alkyl halides is 1. The van der Waals surface area contributed by atoms with E-state index in [1.54, 1.807) is 0 Å². The Kier molecular flexibility index (Phi) is 3.81. The van der Waals surface area contributed by atoms with Crippen molar-refractivity contribution in [3.63, 3.8) is 0 Å². The van der Waals surface area contributed by atoms with Crippen molar-refractivity contribution in [1.29, 1.82) is 0 Å². The molecule has 1 nitrogen and oxygen atoms in total. The van der Waals surface area contributed by atoms with Crippen LogP contribution >= 0.6 is 15.9 Å². The second-order valence-corrected chi connectivity index (χ2v) is 11.6. The van der Waals surface area contributed by atoms with E-state index < -0.39 is 8.32 Å². The molecule has 0 amide bonds. The Hall–Kier alpha value is -0.123. The minimum absolute atomic E-state index is 0.336. The zero-order valence-corrected chi connectivity index (χ0v) is 13.7. The van der Waals surface area contributed by atoms with Gasteiger partial charge in [0.25, 0.3) is 0 Å². The molecule has 2 atom stereocenters. The lowest BCUT2D eigenvalue weighted by Gasteiger charge is -2.24. The molecule has 2 unspecified atom stereocenters. The van der Waals surface area contributed by atoms with E-state index in [1.807, 2.05) is 0 Å². The van der Waals surface area contributed by atoms with Gasteiger partial charge in [-0.2, -0.15) is 0 Å². The molecule has 17 heavy (non-hydrogen) atoms. The summed E-state index contributed by atoms with van der Waals surface area (Å²) in [7, 11) is -1.45. The molecular weight excluding hydrogens is 292 g/mol. The Morgan fingerprint density at radius 2 is 2.06 bits per heavy atom. The third-order valence-electron chi connectivity index (χ3n) is 3.18. The fourth-order valence-corrected chi connectivity index (χ4v) is 4.09. The van der Waals surface area contributed by atoms with Crippen molar-refractivity contribution in [1.82, 2.24) is 0 Å². The second kappa shape index (κ2) is 4.86. The van der Waals surface area contributed by atoms with Crippen LogP contribution in [0.2, 0.25) is 19.6 Å². The van der Waals surface area contributed by atoms with Crippen molar-refractivity contribution in [3.8, 4) is 0 Å². The average Bonchev–Trinajstić information content (AvgIpc) is 2.59. The van der Waals surface area contributed by atoms with Crippen LogP contribution in [0.1, 0.15) is 41.0 Å². The van der Waals surface area contributed by atoms with Crippen LogP contribution in [0.5, 0.6) is 0 Å². The Balaban J connectivity index is 2.30. The third-order valence-corrected chi connectivity index (χ3v) is 4.66. The number of rotatable bonds is 3. The van der Waals surface area contributed by atoms with Gasteiger partial charge in [0.1, 0.15) is 0 Å². The standard InChI is InChI=1S/C14H21BrOSi/c1-10(15)11-6-5-7-13-12(11)8-9-14(13)16-17(2,3)4/h5-7,10,14H,8-9H2,1-4H3. The molecule has 0 saturated heterocycles. The van der Waals surface area contributed by atoms with Gasteiger partial charge in [-0.3, -0.25) is 0 Å². The van der Waals surface area contributed by atoms with Gasteiger partial charge in [0.15, 0.2) is 8.32 Å². The predicted octanol–water partition coefficient (Wildman–Crippen LogP) is 4.98. The molecule has 1 aromatic carbocycles. The molecule has 0 aliphatic heterocycles. The molecule has 0 fully saturated rings. The summed E-state index contributed by atoms with van der Waals surface area (Å²) in [5.41, 5.74) is 4.38. The maximum absolute atomic E-state index is 6.28. The molecular formula is C14H21BrOSi. The number of fused-ring (bicyclic) bond motifs is 1. The van der Waals surface area contributed by atoms with Crippen molar-refractivity contribution in [2.75, 3.05) is 0 Å². The van der Waals surface area contributed by atoms with Crippen molar-refractivity contribution in [2.45, 2.75) is 50.3 Å². The van der Waals surface area contributed by atoms with Gasteiger partial charge in [-0.15, -0.1) is 0 Å². The van der Waals surface area contributed by atoms with E-state index in [0.717, 1.165) is 12.8 Å². The summed E-state index contributed by atoms with van der Waals surface area (Å²) in [6, 6.07) is 6.64. The molecule has 0 aromatic heterocycles. The third kappa shape index (κ3) is 3.01. The van der Waals surface area contributed by atoms with Gasteiger partial charge in [-0.1, -0.05) is 34.1 Å². The van der Waals surface area contributed by atoms with Gasteiger partial charge in [0, 0.05) is 4.83 Å². The normalized spacial score (nSPS) is 21.4. The van der Waals surface area contributed by atoms with Gasteiger partial charge >= 0.3 is 0 Å². The van der Waals surface area contributed by atoms with Crippen LogP contribution in [-0.4, -0.2) is 8.32 Å². The second-order valence-electron chi connectivity index (χ2n) is 5.79. The van der Waals surface area contributed by atoms with E-state index in [1.165, 1.54) is 16.7 Å². The molecule has 2 rings (SSSR count). The maximum atomic E-state index is 6.28. The van der Waals surface area contributed by atoms with E-state index in [2.05, 4.69) is 60.7 Å². The summed E-state index contributed by atoms with van der Waals surface area (Å²) in [6.07, 6.45) is 2.65. The first-order valence-corrected chi connectivity index (χ1v) is 10.6. The number of halogens is 1. The quantitative estimate of drug-likeness (QED) is 0.565. The van der Waals surface area contributed by atoms with Crippen LogP contribution < -0.4 is 0 Å². The predicted molar refractivity (Wildman–Crippen MR) is 79.3 cm³/mol. The molecule has 1 aliphatic carbocycles. The lowest BCUT2D eigenvalue weighted by atomic mass is 10.0. The van der Waals surface area contributed by atoms with E-state index in [9.17, 15) is 0 Å². The van der Waals surface area contributed by atoms with Crippen molar-refractivity contribution < 1.29 is 4.43 Å². The summed E-state index contributed by atoms with van der Waals surface area (Å²) >= 11 is 3.69. The van der Waals surface area contributed by atoms with E-state index in [0.29, 0.717) is 10.9 Å². The maximum Gasteiger partial charge on any atom is 0.184 e. The molecule has 0 spiro atoms.